The molecule has 0 amide bonds. The Bertz CT molecular complexity index is 2060. The van der Waals surface area contributed by atoms with Crippen molar-refractivity contribution in [3.05, 3.63) is 33.4 Å². The van der Waals surface area contributed by atoms with Crippen molar-refractivity contribution in [3.63, 3.8) is 0 Å². The standard InChI is InChI=1S/2C15H24N5O8P.Ca/c2*1-3-4-5-26-29(23,24)27-6-8-10(21)11(25-2)14(28-8)20-7-17-9-12(20)18-15(16)19-13(9)22;/h2*7-8,10-11,14,21H,3-6H2,1-2H3,(H,23,24)(H3,16,18,19,22);/q;;+2/p-2/t2*8-,10-,11-,14-;/m11./s1. The number of aromatic amines is 2. The first-order chi connectivity index (χ1) is 27.5. The number of nitrogens with two attached hydrogens (primary N) is 2. The van der Waals surface area contributed by atoms with Crippen molar-refractivity contribution in [1.82, 2.24) is 39.0 Å². The molecule has 4 aromatic rings. The third-order valence-corrected chi connectivity index (χ3v) is 10.8. The second kappa shape index (κ2) is 21.6. The number of nitrogens with zero attached hydrogens (tertiary/aromatic N) is 6. The van der Waals surface area contributed by atoms with Crippen LogP contribution in [0.4, 0.5) is 11.9 Å². The maximum Gasteiger partial charge on any atom is 2.00 e. The Labute approximate surface area is 365 Å². The fourth-order valence-electron chi connectivity index (χ4n) is 5.97. The van der Waals surface area contributed by atoms with Gasteiger partial charge in [0, 0.05) is 14.2 Å². The van der Waals surface area contributed by atoms with Gasteiger partial charge in [0.05, 0.1) is 39.1 Å². The number of fused-ring (bicyclic) bond motifs is 2. The van der Waals surface area contributed by atoms with Crippen LogP contribution >= 0.6 is 15.6 Å². The molecule has 59 heavy (non-hydrogen) atoms. The summed E-state index contributed by atoms with van der Waals surface area (Å²) in [7, 11) is -6.36. The number of rotatable bonds is 18. The van der Waals surface area contributed by atoms with Crippen molar-refractivity contribution in [2.75, 3.05) is 52.1 Å². The summed E-state index contributed by atoms with van der Waals surface area (Å²) < 4.78 is 67.6. The molecule has 29 heteroatoms. The van der Waals surface area contributed by atoms with Gasteiger partial charge in [0.15, 0.2) is 34.8 Å². The minimum Gasteiger partial charge on any atom is -0.756 e. The number of phosphoric acid groups is 2. The van der Waals surface area contributed by atoms with Crippen molar-refractivity contribution < 1.29 is 66.2 Å². The van der Waals surface area contributed by atoms with Crippen LogP contribution in [-0.4, -0.2) is 164 Å². The third kappa shape index (κ3) is 11.9. The molecule has 2 aliphatic rings. The second-order valence-electron chi connectivity index (χ2n) is 12.9. The first-order valence-electron chi connectivity index (χ1n) is 17.9. The maximum atomic E-state index is 12.0. The quantitative estimate of drug-likeness (QED) is 0.0363. The molecule has 0 aliphatic carbocycles. The number of aliphatic hydroxyl groups is 2. The predicted molar refractivity (Wildman–Crippen MR) is 201 cm³/mol. The van der Waals surface area contributed by atoms with Crippen LogP contribution in [0.5, 0.6) is 0 Å². The molecule has 0 spiro atoms. The zero-order valence-corrected chi connectivity index (χ0v) is 36.5. The number of aliphatic hydroxyl groups excluding tert-OH is 2. The van der Waals surface area contributed by atoms with Gasteiger partial charge in [-0.15, -0.1) is 0 Å². The number of ether oxygens (including phenoxy) is 4. The summed E-state index contributed by atoms with van der Waals surface area (Å²) >= 11 is 0. The molecule has 6 rings (SSSR count). The van der Waals surface area contributed by atoms with Crippen LogP contribution in [0.3, 0.4) is 0 Å². The number of nitrogen functional groups attached to an aromatic ring is 2. The first kappa shape index (κ1) is 49.2. The van der Waals surface area contributed by atoms with E-state index < -0.39 is 89.1 Å². The van der Waals surface area contributed by atoms with Gasteiger partial charge >= 0.3 is 37.7 Å². The molecule has 2 fully saturated rings. The zero-order chi connectivity index (χ0) is 42.4. The summed E-state index contributed by atoms with van der Waals surface area (Å²) in [4.78, 5) is 68.3. The first-order valence-corrected chi connectivity index (χ1v) is 20.8. The topological polar surface area (TPSA) is 374 Å². The third-order valence-electron chi connectivity index (χ3n) is 8.91. The van der Waals surface area contributed by atoms with Crippen LogP contribution in [-0.2, 0) is 46.2 Å². The summed E-state index contributed by atoms with van der Waals surface area (Å²) in [5.41, 5.74) is 10.4. The summed E-state index contributed by atoms with van der Waals surface area (Å²) in [5.74, 6) is -0.235. The van der Waals surface area contributed by atoms with Gasteiger partial charge in [-0.3, -0.25) is 37.8 Å². The van der Waals surface area contributed by atoms with Gasteiger partial charge in [0.1, 0.15) is 36.6 Å². The van der Waals surface area contributed by atoms with Crippen molar-refractivity contribution in [3.8, 4) is 0 Å². The van der Waals surface area contributed by atoms with Crippen molar-refractivity contribution in [2.24, 2.45) is 0 Å². The van der Waals surface area contributed by atoms with Crippen molar-refractivity contribution in [1.29, 1.82) is 0 Å². The molecule has 324 valence electrons. The number of H-pyrrole nitrogens is 2. The van der Waals surface area contributed by atoms with E-state index in [1.165, 1.54) is 36.0 Å². The normalized spacial score (nSPS) is 26.3. The minimum atomic E-state index is -4.54. The molecule has 2 aliphatic heterocycles. The Morgan fingerprint density at radius 3 is 1.46 bits per heavy atom. The van der Waals surface area contributed by atoms with Crippen LogP contribution < -0.4 is 32.4 Å². The molecule has 0 radical (unpaired) electrons. The van der Waals surface area contributed by atoms with Gasteiger partial charge in [-0.05, 0) is 12.8 Å². The van der Waals surface area contributed by atoms with E-state index in [0.717, 1.165) is 12.8 Å². The number of phosphoric ester groups is 2. The smallest absolute Gasteiger partial charge is 0.756 e. The average Bonchev–Trinajstić information content (AvgIpc) is 3.93. The van der Waals surface area contributed by atoms with E-state index in [4.69, 9.17) is 48.5 Å². The Hall–Kier alpha value is -2.46. The Balaban J connectivity index is 0.000000256. The van der Waals surface area contributed by atoms with Gasteiger partial charge < -0.3 is 68.5 Å². The van der Waals surface area contributed by atoms with Gasteiger partial charge in [0.25, 0.3) is 26.8 Å². The molecule has 2 saturated heterocycles. The van der Waals surface area contributed by atoms with Crippen LogP contribution in [0.25, 0.3) is 22.3 Å². The molecular formula is C30H46CaN10O16P2. The fourth-order valence-corrected chi connectivity index (χ4v) is 7.49. The summed E-state index contributed by atoms with van der Waals surface area (Å²) in [6, 6.07) is 0. The van der Waals surface area contributed by atoms with Gasteiger partial charge in [-0.1, -0.05) is 26.7 Å². The van der Waals surface area contributed by atoms with E-state index >= 15 is 0 Å². The summed E-state index contributed by atoms with van der Waals surface area (Å²) in [6.07, 6.45) is -2.99. The Kier molecular flexibility index (Phi) is 18.0. The molecular weight excluding hydrogens is 858 g/mol. The van der Waals surface area contributed by atoms with Gasteiger partial charge in [0.2, 0.25) is 11.9 Å². The Morgan fingerprint density at radius 1 is 0.746 bits per heavy atom. The molecule has 0 bridgehead atoms. The van der Waals surface area contributed by atoms with Crippen molar-refractivity contribution >= 4 is 87.6 Å². The SMILES string of the molecule is CCCCOP(=O)([O-])OC[C@H]1O[C@@H](n2cnc3c(=O)[nH]c(N)nc32)[C@H](OC)[C@@H]1O.CCCCOP(=O)([O-])OC[C@H]1O[C@@H](n2cnc3c(=O)[nH]c(N)nc32)[C@H](OC)[C@@H]1O.[Ca+2]. The molecule has 4 aromatic heterocycles. The van der Waals surface area contributed by atoms with E-state index in [-0.39, 0.29) is 85.2 Å². The molecule has 26 nitrogen and oxygen atoms in total. The molecule has 2 unspecified atom stereocenters. The molecule has 8 N–H and O–H groups in total. The Morgan fingerprint density at radius 2 is 1.12 bits per heavy atom. The number of nitrogens with one attached hydrogen (secondary N) is 2. The monoisotopic (exact) mass is 904 g/mol. The number of unbranched alkanes of at least 4 members (excludes halogenated alkanes) is 2. The van der Waals surface area contributed by atoms with Crippen LogP contribution in [0, 0.1) is 0 Å². The maximum absolute atomic E-state index is 12.0. The molecule has 6 heterocycles. The average molecular weight is 905 g/mol. The van der Waals surface area contributed by atoms with Crippen LogP contribution in [0.1, 0.15) is 52.0 Å². The predicted octanol–water partition coefficient (Wildman–Crippen LogP) is -1.83. The number of aromatic nitrogens is 8. The summed E-state index contributed by atoms with van der Waals surface area (Å²) in [5, 5.41) is 21.0. The fraction of sp³-hybridized carbons (Fsp3) is 0.667. The van der Waals surface area contributed by atoms with E-state index in [1.807, 2.05) is 13.8 Å². The second-order valence-corrected chi connectivity index (χ2v) is 15.7. The van der Waals surface area contributed by atoms with E-state index in [1.54, 1.807) is 0 Å². The van der Waals surface area contributed by atoms with Gasteiger partial charge in [-0.2, -0.15) is 9.97 Å². The van der Waals surface area contributed by atoms with E-state index in [2.05, 4.69) is 29.9 Å². The number of anilines is 2. The molecule has 0 saturated carbocycles. The van der Waals surface area contributed by atoms with Crippen LogP contribution in [0.2, 0.25) is 0 Å². The number of hydrogen-bond donors (Lipinski definition) is 6. The largest absolute Gasteiger partial charge is 2.00 e. The zero-order valence-electron chi connectivity index (χ0n) is 32.5. The molecule has 10 atom stereocenters. The number of methoxy groups -OCH3 is 2. The minimum absolute atomic E-state index is 0. The molecule has 0 aromatic carbocycles. The summed E-state index contributed by atoms with van der Waals surface area (Å²) in [6.45, 7) is 2.85. The van der Waals surface area contributed by atoms with Crippen molar-refractivity contribution in [2.45, 2.75) is 88.6 Å². The number of imidazole rings is 2. The van der Waals surface area contributed by atoms with E-state index in [9.17, 15) is 38.7 Å². The van der Waals surface area contributed by atoms with E-state index in [0.29, 0.717) is 12.8 Å². The number of hydrogen-bond acceptors (Lipinski definition) is 22. The van der Waals surface area contributed by atoms with Gasteiger partial charge in [-0.25, -0.2) is 9.97 Å². The van der Waals surface area contributed by atoms with Crippen LogP contribution in [0.15, 0.2) is 22.2 Å².